The van der Waals surface area contributed by atoms with Gasteiger partial charge in [-0.1, -0.05) is 39.0 Å². The van der Waals surface area contributed by atoms with Crippen molar-refractivity contribution >= 4 is 35.0 Å². The van der Waals surface area contributed by atoms with Crippen molar-refractivity contribution in [1.82, 2.24) is 4.90 Å². The third-order valence-corrected chi connectivity index (χ3v) is 9.75. The van der Waals surface area contributed by atoms with E-state index in [9.17, 15) is 14.4 Å². The van der Waals surface area contributed by atoms with Crippen LogP contribution >= 0.6 is 0 Å². The summed E-state index contributed by atoms with van der Waals surface area (Å²) in [5.41, 5.74) is 1.05. The summed E-state index contributed by atoms with van der Waals surface area (Å²) in [6, 6.07) is 15.0. The maximum Gasteiger partial charge on any atom is 0.414 e. The lowest BCUT2D eigenvalue weighted by molar-refractivity contribution is -0.169. The maximum atomic E-state index is 15.3. The average molecular weight is 535 g/mol. The third kappa shape index (κ3) is 4.05. The van der Waals surface area contributed by atoms with Gasteiger partial charge in [0, 0.05) is 37.8 Å². The summed E-state index contributed by atoms with van der Waals surface area (Å²) in [4.78, 5) is 46.3. The van der Waals surface area contributed by atoms with Crippen molar-refractivity contribution in [1.29, 1.82) is 0 Å². The molecule has 0 N–H and O–H groups in total. The Bertz CT molecular complexity index is 1310. The number of imide groups is 1. The number of carbonyl (C=O) groups is 3. The normalized spacial score (nSPS) is 28.4. The van der Waals surface area contributed by atoms with E-state index in [1.165, 1.54) is 15.9 Å². The number of likely N-dealkylation sites (tertiary alicyclic amines) is 1. The van der Waals surface area contributed by atoms with Crippen molar-refractivity contribution < 1.29 is 23.5 Å². The van der Waals surface area contributed by atoms with Crippen molar-refractivity contribution in [3.63, 3.8) is 0 Å². The molecule has 4 fully saturated rings. The molecule has 0 spiro atoms. The number of carbonyl (C=O) groups excluding carboxylic acids is 3. The van der Waals surface area contributed by atoms with Crippen LogP contribution in [0.25, 0.3) is 0 Å². The topological polar surface area (TPSA) is 73.4 Å². The molecule has 3 amide bonds. The van der Waals surface area contributed by atoms with Crippen LogP contribution in [0, 0.1) is 22.6 Å². The molecule has 2 aromatic carbocycles. The quantitative estimate of drug-likeness (QED) is 0.533. The van der Waals surface area contributed by atoms with Crippen LogP contribution < -0.4 is 14.7 Å². The van der Waals surface area contributed by atoms with Crippen LogP contribution in [-0.4, -0.2) is 68.2 Å². The standard InChI is InChI=1S/C30H35FN4O4/c1-29(2)23-11-12-30(29,3)27(37)35(26(23)36)19-22-18-34(28(38)39-22)21-9-10-25(24(31)17-21)33-15-13-32(14-16-33)20-7-5-4-6-8-20/h4-10,17,22-23H,11-16,18-19H2,1-3H3/t22-,23?,30?/m1/s1. The van der Waals surface area contributed by atoms with Crippen LogP contribution in [0.2, 0.25) is 0 Å². The first-order valence-corrected chi connectivity index (χ1v) is 13.8. The zero-order valence-corrected chi connectivity index (χ0v) is 22.7. The fraction of sp³-hybridized carbons (Fsp3) is 0.500. The van der Waals surface area contributed by atoms with E-state index in [-0.39, 0.29) is 30.8 Å². The zero-order valence-electron chi connectivity index (χ0n) is 22.7. The van der Waals surface area contributed by atoms with Gasteiger partial charge >= 0.3 is 6.09 Å². The number of ether oxygens (including phenoxy) is 1. The SMILES string of the molecule is CC12CCC(C(=O)N(C[C@H]3CN(c4ccc(N5CCN(c6ccccc6)CC5)c(F)c4)C(=O)O3)C1=O)C2(C)C. The monoisotopic (exact) mass is 534 g/mol. The smallest absolute Gasteiger partial charge is 0.414 e. The first-order valence-electron chi connectivity index (χ1n) is 13.8. The highest BCUT2D eigenvalue weighted by molar-refractivity contribution is 6.04. The van der Waals surface area contributed by atoms with Crippen molar-refractivity contribution in [3.05, 3.63) is 54.3 Å². The maximum absolute atomic E-state index is 15.3. The van der Waals surface area contributed by atoms with Gasteiger partial charge in [-0.15, -0.1) is 0 Å². The molecule has 4 aliphatic rings. The van der Waals surface area contributed by atoms with Crippen molar-refractivity contribution in [2.45, 2.75) is 39.7 Å². The first kappa shape index (κ1) is 25.6. The second kappa shape index (κ2) is 9.24. The number of anilines is 3. The molecule has 2 bridgehead atoms. The summed E-state index contributed by atoms with van der Waals surface area (Å²) in [6.07, 6.45) is 0.0991. The van der Waals surface area contributed by atoms with Gasteiger partial charge < -0.3 is 14.5 Å². The number of benzene rings is 2. The Hall–Kier alpha value is -3.62. The van der Waals surface area contributed by atoms with E-state index in [1.807, 2.05) is 43.9 Å². The van der Waals surface area contributed by atoms with E-state index in [2.05, 4.69) is 17.0 Å². The molecule has 8 nitrogen and oxygen atoms in total. The summed E-state index contributed by atoms with van der Waals surface area (Å²) >= 11 is 0. The van der Waals surface area contributed by atoms with Crippen molar-refractivity contribution in [2.24, 2.45) is 16.7 Å². The van der Waals surface area contributed by atoms with E-state index in [0.717, 1.165) is 18.8 Å². The van der Waals surface area contributed by atoms with Crippen molar-refractivity contribution in [2.75, 3.05) is 54.0 Å². The number of para-hydroxylation sites is 1. The Morgan fingerprint density at radius 3 is 2.31 bits per heavy atom. The predicted molar refractivity (Wildman–Crippen MR) is 146 cm³/mol. The molecule has 2 unspecified atom stereocenters. The van der Waals surface area contributed by atoms with Gasteiger partial charge in [-0.2, -0.15) is 0 Å². The largest absolute Gasteiger partial charge is 0.442 e. The van der Waals surface area contributed by atoms with Gasteiger partial charge in [-0.25, -0.2) is 9.18 Å². The van der Waals surface area contributed by atoms with Crippen LogP contribution in [0.15, 0.2) is 48.5 Å². The minimum absolute atomic E-state index is 0.0222. The summed E-state index contributed by atoms with van der Waals surface area (Å²) in [5.74, 6) is -0.990. The Labute approximate surface area is 228 Å². The van der Waals surface area contributed by atoms with Gasteiger partial charge in [-0.05, 0) is 48.6 Å². The van der Waals surface area contributed by atoms with Gasteiger partial charge in [0.25, 0.3) is 0 Å². The first-order chi connectivity index (χ1) is 18.6. The molecule has 6 rings (SSSR count). The third-order valence-electron chi connectivity index (χ3n) is 9.75. The molecule has 1 saturated carbocycles. The number of hydrogen-bond acceptors (Lipinski definition) is 6. The highest BCUT2D eigenvalue weighted by atomic mass is 19.1. The molecule has 3 atom stereocenters. The molecule has 39 heavy (non-hydrogen) atoms. The Kier molecular flexibility index (Phi) is 6.08. The lowest BCUT2D eigenvalue weighted by atomic mass is 9.62. The summed E-state index contributed by atoms with van der Waals surface area (Å²) in [7, 11) is 0. The van der Waals surface area contributed by atoms with Gasteiger partial charge in [0.15, 0.2) is 0 Å². The number of piperidine rings is 1. The molecule has 3 heterocycles. The molecule has 0 radical (unpaired) electrons. The van der Waals surface area contributed by atoms with Crippen LogP contribution in [0.5, 0.6) is 0 Å². The van der Waals surface area contributed by atoms with Gasteiger partial charge in [-0.3, -0.25) is 19.4 Å². The molecule has 3 aliphatic heterocycles. The Balaban J connectivity index is 1.11. The molecular weight excluding hydrogens is 499 g/mol. The van der Waals surface area contributed by atoms with E-state index in [1.54, 1.807) is 12.1 Å². The van der Waals surface area contributed by atoms with E-state index in [0.29, 0.717) is 37.3 Å². The zero-order chi connectivity index (χ0) is 27.5. The summed E-state index contributed by atoms with van der Waals surface area (Å²) < 4.78 is 20.8. The fourth-order valence-corrected chi connectivity index (χ4v) is 6.87. The molecule has 1 aliphatic carbocycles. The van der Waals surface area contributed by atoms with Crippen LogP contribution in [0.4, 0.5) is 26.2 Å². The second-order valence-electron chi connectivity index (χ2n) is 12.0. The molecule has 2 aromatic rings. The Morgan fingerprint density at radius 1 is 0.923 bits per heavy atom. The van der Waals surface area contributed by atoms with Crippen molar-refractivity contribution in [3.8, 4) is 0 Å². The van der Waals surface area contributed by atoms with Crippen LogP contribution in [0.3, 0.4) is 0 Å². The predicted octanol–water partition coefficient (Wildman–Crippen LogP) is 4.29. The summed E-state index contributed by atoms with van der Waals surface area (Å²) in [5, 5.41) is 0. The minimum Gasteiger partial charge on any atom is -0.442 e. The Morgan fingerprint density at radius 2 is 1.62 bits per heavy atom. The van der Waals surface area contributed by atoms with Gasteiger partial charge in [0.2, 0.25) is 11.8 Å². The number of halogens is 1. The number of fused-ring (bicyclic) bond motifs is 2. The van der Waals surface area contributed by atoms with E-state index >= 15 is 4.39 Å². The van der Waals surface area contributed by atoms with Gasteiger partial charge in [0.05, 0.1) is 29.9 Å². The molecular formula is C30H35FN4O4. The molecule has 206 valence electrons. The lowest BCUT2D eigenvalue weighted by Gasteiger charge is -2.47. The second-order valence-corrected chi connectivity index (χ2v) is 12.0. The fourth-order valence-electron chi connectivity index (χ4n) is 6.87. The van der Waals surface area contributed by atoms with E-state index in [4.69, 9.17) is 4.74 Å². The van der Waals surface area contributed by atoms with Crippen LogP contribution in [-0.2, 0) is 14.3 Å². The number of rotatable bonds is 5. The highest BCUT2D eigenvalue weighted by Crippen LogP contribution is 2.60. The molecule has 9 heteroatoms. The lowest BCUT2D eigenvalue weighted by Crippen LogP contribution is -2.60. The number of nitrogens with zero attached hydrogens (tertiary/aromatic N) is 4. The summed E-state index contributed by atoms with van der Waals surface area (Å²) in [6.45, 7) is 9.05. The van der Waals surface area contributed by atoms with Gasteiger partial charge in [0.1, 0.15) is 11.9 Å². The average Bonchev–Trinajstić information content (AvgIpc) is 3.39. The number of piperazine rings is 1. The number of cyclic esters (lactones) is 1. The highest BCUT2D eigenvalue weighted by Gasteiger charge is 2.64. The number of hydrogen-bond donors (Lipinski definition) is 0. The molecule has 3 saturated heterocycles. The minimum atomic E-state index is -0.664. The van der Waals surface area contributed by atoms with Crippen LogP contribution in [0.1, 0.15) is 33.6 Å². The van der Waals surface area contributed by atoms with E-state index < -0.39 is 28.8 Å². The number of amides is 3. The molecule has 0 aromatic heterocycles.